The van der Waals surface area contributed by atoms with Crippen LogP contribution in [-0.4, -0.2) is 47.4 Å². The van der Waals surface area contributed by atoms with E-state index in [1.807, 2.05) is 30.3 Å². The fourth-order valence-electron chi connectivity index (χ4n) is 3.58. The normalized spacial score (nSPS) is 23.1. The van der Waals surface area contributed by atoms with Crippen LogP contribution < -0.4 is 5.32 Å². The molecule has 0 aliphatic carbocycles. The van der Waals surface area contributed by atoms with Gasteiger partial charge >= 0.3 is 5.97 Å². The fraction of sp³-hybridized carbons (Fsp3) is 0.522. The molecule has 0 saturated heterocycles. The first-order valence-corrected chi connectivity index (χ1v) is 10.4. The molecule has 1 aliphatic heterocycles. The van der Waals surface area contributed by atoms with Crippen LogP contribution in [0.5, 0.6) is 0 Å². The lowest BCUT2D eigenvalue weighted by molar-refractivity contribution is -0.142. The molecule has 2 N–H and O–H groups in total. The second-order valence-corrected chi connectivity index (χ2v) is 7.68. The molecule has 0 saturated carbocycles. The molecule has 1 heterocycles. The average molecular weight is 401 g/mol. The van der Waals surface area contributed by atoms with E-state index in [0.717, 1.165) is 31.2 Å². The van der Waals surface area contributed by atoms with Crippen molar-refractivity contribution in [2.75, 3.05) is 13.6 Å². The molecular weight excluding hydrogens is 368 g/mol. The van der Waals surface area contributed by atoms with E-state index in [-0.39, 0.29) is 18.2 Å². The van der Waals surface area contributed by atoms with E-state index in [0.29, 0.717) is 25.8 Å². The van der Waals surface area contributed by atoms with Gasteiger partial charge < -0.3 is 15.3 Å². The van der Waals surface area contributed by atoms with Crippen LogP contribution in [0.2, 0.25) is 0 Å². The number of nitrogens with one attached hydrogen (secondary N) is 1. The van der Waals surface area contributed by atoms with Crippen molar-refractivity contribution < 1.29 is 19.5 Å². The van der Waals surface area contributed by atoms with Crippen LogP contribution in [0.15, 0.2) is 42.5 Å². The van der Waals surface area contributed by atoms with Crippen LogP contribution in [0.25, 0.3) is 0 Å². The van der Waals surface area contributed by atoms with Crippen molar-refractivity contribution in [2.45, 2.75) is 57.4 Å². The summed E-state index contributed by atoms with van der Waals surface area (Å²) in [6.07, 6.45) is 8.96. The van der Waals surface area contributed by atoms with Gasteiger partial charge in [-0.25, -0.2) is 0 Å². The molecule has 6 nitrogen and oxygen atoms in total. The first-order chi connectivity index (χ1) is 14.0. The summed E-state index contributed by atoms with van der Waals surface area (Å²) >= 11 is 0. The number of carbonyl (C=O) groups excluding carboxylic acids is 2. The van der Waals surface area contributed by atoms with Gasteiger partial charge in [-0.3, -0.25) is 14.4 Å². The lowest BCUT2D eigenvalue weighted by Gasteiger charge is -2.26. The largest absolute Gasteiger partial charge is 0.481 e. The quantitative estimate of drug-likeness (QED) is 0.743. The standard InChI is InChI=1S/C23H32N2O4/c1-25-16-10-5-3-2-4-9-13-19(17-21(26)27)22(28)24-20(23(25)29)15-14-18-11-7-6-8-12-18/h2-3,6-8,11-12,19-20H,4-5,9-10,13-17H2,1H3,(H,24,28)(H,26,27)/b3-2+/t19-,20+/m1/s1. The number of rotatable bonds is 5. The van der Waals surface area contributed by atoms with Crippen LogP contribution in [0, 0.1) is 5.92 Å². The van der Waals surface area contributed by atoms with Crippen LogP contribution in [0.4, 0.5) is 0 Å². The number of nitrogens with zero attached hydrogens (tertiary/aromatic N) is 1. The monoisotopic (exact) mass is 400 g/mol. The molecule has 29 heavy (non-hydrogen) atoms. The Balaban J connectivity index is 2.15. The zero-order valence-electron chi connectivity index (χ0n) is 17.2. The molecule has 2 rings (SSSR count). The summed E-state index contributed by atoms with van der Waals surface area (Å²) in [4.78, 5) is 38.7. The fourth-order valence-corrected chi connectivity index (χ4v) is 3.58. The zero-order chi connectivity index (χ0) is 21.1. The topological polar surface area (TPSA) is 86.7 Å². The summed E-state index contributed by atoms with van der Waals surface area (Å²) in [7, 11) is 1.76. The predicted octanol–water partition coefficient (Wildman–Crippen LogP) is 3.17. The SMILES string of the molecule is CN1CCC/C=C/CCC[C@H](CC(=O)O)C(=O)N[C@@H](CCc2ccccc2)C1=O. The third kappa shape index (κ3) is 8.10. The number of carboxylic acids is 1. The lowest BCUT2D eigenvalue weighted by atomic mass is 9.95. The number of aryl methyl sites for hydroxylation is 1. The molecule has 0 aromatic heterocycles. The second-order valence-electron chi connectivity index (χ2n) is 7.68. The highest BCUT2D eigenvalue weighted by atomic mass is 16.4. The maximum atomic E-state index is 13.0. The minimum Gasteiger partial charge on any atom is -0.481 e. The summed E-state index contributed by atoms with van der Waals surface area (Å²) in [6.45, 7) is 0.624. The number of carbonyl (C=O) groups is 3. The van der Waals surface area contributed by atoms with E-state index in [1.165, 1.54) is 0 Å². The third-order valence-electron chi connectivity index (χ3n) is 5.30. The van der Waals surface area contributed by atoms with Gasteiger partial charge in [-0.1, -0.05) is 42.5 Å². The molecular formula is C23H32N2O4. The van der Waals surface area contributed by atoms with Crippen LogP contribution >= 0.6 is 0 Å². The summed E-state index contributed by atoms with van der Waals surface area (Å²) in [5, 5.41) is 12.1. The first kappa shape index (κ1) is 22.7. The van der Waals surface area contributed by atoms with Crippen molar-refractivity contribution >= 4 is 17.8 Å². The van der Waals surface area contributed by atoms with Gasteiger partial charge in [-0.15, -0.1) is 0 Å². The van der Waals surface area contributed by atoms with Crippen molar-refractivity contribution in [3.8, 4) is 0 Å². The molecule has 0 spiro atoms. The van der Waals surface area contributed by atoms with E-state index < -0.39 is 17.9 Å². The molecule has 1 aliphatic rings. The highest BCUT2D eigenvalue weighted by Crippen LogP contribution is 2.16. The van der Waals surface area contributed by atoms with Gasteiger partial charge in [-0.2, -0.15) is 0 Å². The van der Waals surface area contributed by atoms with Crippen molar-refractivity contribution in [2.24, 2.45) is 5.92 Å². The van der Waals surface area contributed by atoms with Crippen LogP contribution in [0.3, 0.4) is 0 Å². The molecule has 1 aromatic rings. The summed E-state index contributed by atoms with van der Waals surface area (Å²) < 4.78 is 0. The Morgan fingerprint density at radius 2 is 1.83 bits per heavy atom. The molecule has 6 heteroatoms. The molecule has 0 fully saturated rings. The van der Waals surface area contributed by atoms with Crippen LogP contribution in [-0.2, 0) is 20.8 Å². The second kappa shape index (κ2) is 12.0. The van der Waals surface area contributed by atoms with Crippen molar-refractivity contribution in [3.63, 3.8) is 0 Å². The molecule has 158 valence electrons. The predicted molar refractivity (Wildman–Crippen MR) is 112 cm³/mol. The number of aliphatic carboxylic acids is 1. The number of hydrogen-bond donors (Lipinski definition) is 2. The Kier molecular flexibility index (Phi) is 9.41. The first-order valence-electron chi connectivity index (χ1n) is 10.4. The molecule has 0 bridgehead atoms. The molecule has 2 atom stereocenters. The lowest BCUT2D eigenvalue weighted by Crippen LogP contribution is -2.49. The number of carboxylic acid groups (broad SMARTS) is 1. The molecule has 0 radical (unpaired) electrons. The van der Waals surface area contributed by atoms with Gasteiger partial charge in [0.2, 0.25) is 11.8 Å². The Bertz CT molecular complexity index is 702. The Morgan fingerprint density at radius 3 is 2.52 bits per heavy atom. The van der Waals surface area contributed by atoms with Gasteiger partial charge in [0.05, 0.1) is 6.42 Å². The molecule has 2 amide bonds. The minimum atomic E-state index is -0.994. The van der Waals surface area contributed by atoms with Crippen molar-refractivity contribution in [1.29, 1.82) is 0 Å². The third-order valence-corrected chi connectivity index (χ3v) is 5.30. The highest BCUT2D eigenvalue weighted by Gasteiger charge is 2.28. The minimum absolute atomic E-state index is 0.121. The van der Waals surface area contributed by atoms with Crippen molar-refractivity contribution in [3.05, 3.63) is 48.0 Å². The number of amides is 2. The summed E-state index contributed by atoms with van der Waals surface area (Å²) in [5.74, 6) is -2.08. The number of allylic oxidation sites excluding steroid dienone is 2. The average Bonchev–Trinajstić information content (AvgIpc) is 2.71. The summed E-state index contributed by atoms with van der Waals surface area (Å²) in [5.41, 5.74) is 1.10. The van der Waals surface area contributed by atoms with Gasteiger partial charge in [0.1, 0.15) is 6.04 Å². The zero-order valence-corrected chi connectivity index (χ0v) is 17.2. The Hall–Kier alpha value is -2.63. The maximum absolute atomic E-state index is 13.0. The summed E-state index contributed by atoms with van der Waals surface area (Å²) in [6, 6.07) is 9.19. The Labute approximate surface area is 173 Å². The Morgan fingerprint density at radius 1 is 1.14 bits per heavy atom. The van der Waals surface area contributed by atoms with E-state index in [9.17, 15) is 19.5 Å². The van der Waals surface area contributed by atoms with Gasteiger partial charge in [0.25, 0.3) is 0 Å². The maximum Gasteiger partial charge on any atom is 0.304 e. The number of benzene rings is 1. The van der Waals surface area contributed by atoms with E-state index in [4.69, 9.17) is 0 Å². The van der Waals surface area contributed by atoms with Crippen molar-refractivity contribution in [1.82, 2.24) is 10.2 Å². The van der Waals surface area contributed by atoms with Gasteiger partial charge in [0.15, 0.2) is 0 Å². The molecule has 1 aromatic carbocycles. The smallest absolute Gasteiger partial charge is 0.304 e. The van der Waals surface area contributed by atoms with Gasteiger partial charge in [0, 0.05) is 19.5 Å². The van der Waals surface area contributed by atoms with Crippen LogP contribution in [0.1, 0.15) is 50.5 Å². The van der Waals surface area contributed by atoms with E-state index in [1.54, 1.807) is 11.9 Å². The van der Waals surface area contributed by atoms with Gasteiger partial charge in [-0.05, 0) is 50.5 Å². The number of likely N-dealkylation sites (N-methyl/N-ethyl adjacent to an activating group) is 1. The molecule has 0 unspecified atom stereocenters. The van der Waals surface area contributed by atoms with E-state index in [2.05, 4.69) is 17.5 Å². The highest BCUT2D eigenvalue weighted by molar-refractivity contribution is 5.89. The van der Waals surface area contributed by atoms with E-state index >= 15 is 0 Å². The number of hydrogen-bond acceptors (Lipinski definition) is 3.